The van der Waals surface area contributed by atoms with E-state index < -0.39 is 11.7 Å². The SMILES string of the molecule is CN(C)c1ncncc1N1CCC(C(=O)NCc2ccc(C(F)(F)F)cc2)CC1. The van der Waals surface area contributed by atoms with Crippen molar-refractivity contribution >= 4 is 17.4 Å². The summed E-state index contributed by atoms with van der Waals surface area (Å²) in [4.78, 5) is 25.0. The van der Waals surface area contributed by atoms with Crippen LogP contribution < -0.4 is 15.1 Å². The molecule has 0 bridgehead atoms. The lowest BCUT2D eigenvalue weighted by Crippen LogP contribution is -2.41. The molecule has 2 heterocycles. The number of nitrogens with one attached hydrogen (secondary N) is 1. The van der Waals surface area contributed by atoms with E-state index in [0.29, 0.717) is 31.5 Å². The quantitative estimate of drug-likeness (QED) is 0.825. The van der Waals surface area contributed by atoms with E-state index in [1.807, 2.05) is 19.0 Å². The molecule has 1 amide bonds. The zero-order valence-electron chi connectivity index (χ0n) is 16.4. The molecule has 3 rings (SSSR count). The normalized spacial score (nSPS) is 15.3. The van der Waals surface area contributed by atoms with E-state index in [-0.39, 0.29) is 18.4 Å². The molecular weight excluding hydrogens is 383 g/mol. The predicted molar refractivity (Wildman–Crippen MR) is 105 cm³/mol. The monoisotopic (exact) mass is 407 g/mol. The van der Waals surface area contributed by atoms with Gasteiger partial charge in [-0.1, -0.05) is 12.1 Å². The summed E-state index contributed by atoms with van der Waals surface area (Å²) in [5, 5.41) is 2.84. The molecule has 0 saturated carbocycles. The van der Waals surface area contributed by atoms with Crippen molar-refractivity contribution in [3.8, 4) is 0 Å². The molecule has 1 fully saturated rings. The van der Waals surface area contributed by atoms with Crippen molar-refractivity contribution in [1.29, 1.82) is 0 Å². The van der Waals surface area contributed by atoms with Gasteiger partial charge in [0.15, 0.2) is 5.82 Å². The second-order valence-electron chi connectivity index (χ2n) is 7.30. The Bertz CT molecular complexity index is 831. The number of anilines is 2. The Morgan fingerprint density at radius 2 is 1.86 bits per heavy atom. The van der Waals surface area contributed by atoms with Crippen LogP contribution in [0.3, 0.4) is 0 Å². The molecule has 29 heavy (non-hydrogen) atoms. The minimum Gasteiger partial charge on any atom is -0.367 e. The van der Waals surface area contributed by atoms with Crippen LogP contribution in [-0.4, -0.2) is 43.1 Å². The first-order chi connectivity index (χ1) is 13.8. The summed E-state index contributed by atoms with van der Waals surface area (Å²) >= 11 is 0. The molecule has 1 aliphatic rings. The zero-order valence-corrected chi connectivity index (χ0v) is 16.4. The van der Waals surface area contributed by atoms with Crippen LogP contribution in [0.25, 0.3) is 0 Å². The van der Waals surface area contributed by atoms with Gasteiger partial charge in [-0.25, -0.2) is 9.97 Å². The number of amides is 1. The molecule has 6 nitrogen and oxygen atoms in total. The maximum Gasteiger partial charge on any atom is 0.416 e. The van der Waals surface area contributed by atoms with Gasteiger partial charge in [-0.2, -0.15) is 13.2 Å². The van der Waals surface area contributed by atoms with Crippen LogP contribution in [0.4, 0.5) is 24.7 Å². The summed E-state index contributed by atoms with van der Waals surface area (Å²) in [5.41, 5.74) is 0.892. The molecule has 1 aromatic carbocycles. The second-order valence-corrected chi connectivity index (χ2v) is 7.30. The maximum atomic E-state index is 12.6. The number of carbonyl (C=O) groups is 1. The van der Waals surface area contributed by atoms with Crippen LogP contribution in [0.15, 0.2) is 36.8 Å². The Morgan fingerprint density at radius 3 is 2.45 bits per heavy atom. The fraction of sp³-hybridized carbons (Fsp3) is 0.450. The van der Waals surface area contributed by atoms with Crippen LogP contribution >= 0.6 is 0 Å². The summed E-state index contributed by atoms with van der Waals surface area (Å²) in [6, 6.07) is 4.85. The lowest BCUT2D eigenvalue weighted by atomic mass is 9.95. The van der Waals surface area contributed by atoms with Gasteiger partial charge < -0.3 is 15.1 Å². The van der Waals surface area contributed by atoms with Gasteiger partial charge in [-0.15, -0.1) is 0 Å². The van der Waals surface area contributed by atoms with E-state index in [1.54, 1.807) is 6.20 Å². The van der Waals surface area contributed by atoms with E-state index in [2.05, 4.69) is 20.2 Å². The van der Waals surface area contributed by atoms with Gasteiger partial charge in [-0.05, 0) is 30.5 Å². The van der Waals surface area contributed by atoms with Crippen LogP contribution in [0.5, 0.6) is 0 Å². The lowest BCUT2D eigenvalue weighted by molar-refractivity contribution is -0.137. The van der Waals surface area contributed by atoms with Crippen LogP contribution in [0.1, 0.15) is 24.0 Å². The van der Waals surface area contributed by atoms with Gasteiger partial charge >= 0.3 is 6.18 Å². The van der Waals surface area contributed by atoms with Crippen molar-refractivity contribution in [1.82, 2.24) is 15.3 Å². The second kappa shape index (κ2) is 8.67. The van der Waals surface area contributed by atoms with E-state index in [1.165, 1.54) is 18.5 Å². The summed E-state index contributed by atoms with van der Waals surface area (Å²) < 4.78 is 37.8. The standard InChI is InChI=1S/C20H24F3N5O/c1-27(2)18-17(12-24-13-26-18)28-9-7-15(8-10-28)19(29)25-11-14-3-5-16(6-4-14)20(21,22)23/h3-6,12-13,15H,7-11H2,1-2H3,(H,25,29). The summed E-state index contributed by atoms with van der Waals surface area (Å²) in [7, 11) is 3.85. The summed E-state index contributed by atoms with van der Waals surface area (Å²) in [6.45, 7) is 1.65. The van der Waals surface area contributed by atoms with Gasteiger partial charge in [0.25, 0.3) is 0 Å². The first kappa shape index (κ1) is 20.9. The van der Waals surface area contributed by atoms with Crippen molar-refractivity contribution in [3.05, 3.63) is 47.9 Å². The van der Waals surface area contributed by atoms with E-state index in [4.69, 9.17) is 0 Å². The number of halogens is 3. The Kier molecular flexibility index (Phi) is 6.24. The van der Waals surface area contributed by atoms with E-state index in [0.717, 1.165) is 23.6 Å². The highest BCUT2D eigenvalue weighted by molar-refractivity contribution is 5.79. The van der Waals surface area contributed by atoms with Crippen molar-refractivity contribution in [2.24, 2.45) is 5.92 Å². The Hall–Kier alpha value is -2.84. The van der Waals surface area contributed by atoms with Crippen LogP contribution in [0.2, 0.25) is 0 Å². The van der Waals surface area contributed by atoms with Gasteiger partial charge in [0.2, 0.25) is 5.91 Å². The lowest BCUT2D eigenvalue weighted by Gasteiger charge is -2.34. The molecule has 0 unspecified atom stereocenters. The minimum absolute atomic E-state index is 0.0679. The summed E-state index contributed by atoms with van der Waals surface area (Å²) in [5.74, 6) is 0.653. The van der Waals surface area contributed by atoms with E-state index >= 15 is 0 Å². The average Bonchev–Trinajstić information content (AvgIpc) is 2.71. The van der Waals surface area contributed by atoms with Gasteiger partial charge in [-0.3, -0.25) is 4.79 Å². The number of hydrogen-bond acceptors (Lipinski definition) is 5. The number of benzene rings is 1. The van der Waals surface area contributed by atoms with Crippen molar-refractivity contribution in [2.45, 2.75) is 25.6 Å². The zero-order chi connectivity index (χ0) is 21.0. The smallest absolute Gasteiger partial charge is 0.367 e. The molecule has 2 aromatic rings. The Balaban J connectivity index is 1.52. The van der Waals surface area contributed by atoms with Crippen molar-refractivity contribution in [2.75, 3.05) is 37.0 Å². The topological polar surface area (TPSA) is 61.4 Å². The number of rotatable bonds is 5. The number of hydrogen-bond donors (Lipinski definition) is 1. The fourth-order valence-corrected chi connectivity index (χ4v) is 3.41. The number of piperidine rings is 1. The molecule has 9 heteroatoms. The Morgan fingerprint density at radius 1 is 1.21 bits per heavy atom. The third kappa shape index (κ3) is 5.16. The predicted octanol–water partition coefficient (Wildman–Crippen LogP) is 3.09. The highest BCUT2D eigenvalue weighted by atomic mass is 19.4. The van der Waals surface area contributed by atoms with Crippen LogP contribution in [0, 0.1) is 5.92 Å². The van der Waals surface area contributed by atoms with Crippen molar-refractivity contribution < 1.29 is 18.0 Å². The molecule has 1 aromatic heterocycles. The average molecular weight is 407 g/mol. The fourth-order valence-electron chi connectivity index (χ4n) is 3.41. The van der Waals surface area contributed by atoms with Gasteiger partial charge in [0.1, 0.15) is 6.33 Å². The largest absolute Gasteiger partial charge is 0.416 e. The molecular formula is C20H24F3N5O. The molecule has 0 spiro atoms. The minimum atomic E-state index is -4.36. The van der Waals surface area contributed by atoms with Gasteiger partial charge in [0, 0.05) is 39.6 Å². The maximum absolute atomic E-state index is 12.6. The molecule has 1 N–H and O–H groups in total. The molecule has 0 aliphatic carbocycles. The first-order valence-corrected chi connectivity index (χ1v) is 9.42. The first-order valence-electron chi connectivity index (χ1n) is 9.42. The number of alkyl halides is 3. The summed E-state index contributed by atoms with van der Waals surface area (Å²) in [6.07, 6.45) is 0.334. The van der Waals surface area contributed by atoms with E-state index in [9.17, 15) is 18.0 Å². The highest BCUT2D eigenvalue weighted by Gasteiger charge is 2.30. The third-order valence-corrected chi connectivity index (χ3v) is 5.05. The third-order valence-electron chi connectivity index (χ3n) is 5.05. The number of nitrogens with zero attached hydrogens (tertiary/aromatic N) is 4. The number of carbonyl (C=O) groups excluding carboxylic acids is 1. The van der Waals surface area contributed by atoms with Crippen molar-refractivity contribution in [3.63, 3.8) is 0 Å². The Labute approximate surface area is 167 Å². The molecule has 1 saturated heterocycles. The molecule has 0 atom stereocenters. The molecule has 1 aliphatic heterocycles. The van der Waals surface area contributed by atoms with Crippen LogP contribution in [-0.2, 0) is 17.5 Å². The molecule has 0 radical (unpaired) electrons. The number of aromatic nitrogens is 2. The highest BCUT2D eigenvalue weighted by Crippen LogP contribution is 2.30. The van der Waals surface area contributed by atoms with Gasteiger partial charge in [0.05, 0.1) is 17.4 Å². The molecule has 156 valence electrons.